The molecule has 6 heteroatoms. The molecule has 0 unspecified atom stereocenters. The molecular weight excluding hydrogens is 308 g/mol. The van der Waals surface area contributed by atoms with Crippen LogP contribution in [0.25, 0.3) is 0 Å². The van der Waals surface area contributed by atoms with Crippen molar-refractivity contribution in [3.8, 4) is 6.07 Å². The number of anilines is 1. The molecule has 0 aliphatic heterocycles. The molecule has 2 aromatic rings. The van der Waals surface area contributed by atoms with Crippen molar-refractivity contribution in [2.75, 3.05) is 11.6 Å². The van der Waals surface area contributed by atoms with Crippen molar-refractivity contribution < 1.29 is 8.42 Å². The van der Waals surface area contributed by atoms with Crippen molar-refractivity contribution in [2.45, 2.75) is 11.4 Å². The van der Waals surface area contributed by atoms with Crippen molar-refractivity contribution in [1.29, 1.82) is 5.26 Å². The Bertz CT molecular complexity index is 793. The maximum Gasteiger partial charge on any atom is 0.175 e. The molecule has 1 N–H and O–H groups in total. The van der Waals surface area contributed by atoms with Crippen molar-refractivity contribution in [1.82, 2.24) is 0 Å². The Kier molecular flexibility index (Phi) is 4.51. The van der Waals surface area contributed by atoms with E-state index in [0.717, 1.165) is 11.3 Å². The van der Waals surface area contributed by atoms with Crippen LogP contribution in [0.3, 0.4) is 0 Å². The molecule has 0 aromatic heterocycles. The van der Waals surface area contributed by atoms with Crippen molar-refractivity contribution in [2.24, 2.45) is 0 Å². The summed E-state index contributed by atoms with van der Waals surface area (Å²) in [5, 5.41) is 12.4. The minimum Gasteiger partial charge on any atom is -0.380 e. The summed E-state index contributed by atoms with van der Waals surface area (Å²) in [6.07, 6.45) is 1.18. The summed E-state index contributed by atoms with van der Waals surface area (Å²) >= 11 is 6.07. The Hall–Kier alpha value is -2.03. The highest BCUT2D eigenvalue weighted by Crippen LogP contribution is 2.23. The molecule has 0 fully saturated rings. The van der Waals surface area contributed by atoms with Crippen LogP contribution < -0.4 is 5.32 Å². The number of halogens is 1. The lowest BCUT2D eigenvalue weighted by Crippen LogP contribution is -2.01. The average molecular weight is 321 g/mol. The van der Waals surface area contributed by atoms with Gasteiger partial charge in [-0.05, 0) is 35.9 Å². The zero-order valence-electron chi connectivity index (χ0n) is 11.3. The van der Waals surface area contributed by atoms with E-state index in [9.17, 15) is 8.42 Å². The smallest absolute Gasteiger partial charge is 0.175 e. The number of sulfone groups is 1. The van der Waals surface area contributed by atoms with E-state index in [2.05, 4.69) is 5.32 Å². The number of nitrogens with one attached hydrogen (secondary N) is 1. The summed E-state index contributed by atoms with van der Waals surface area (Å²) in [6, 6.07) is 13.7. The van der Waals surface area contributed by atoms with E-state index in [1.807, 2.05) is 6.07 Å². The maximum absolute atomic E-state index is 11.4. The molecule has 2 aromatic carbocycles. The van der Waals surface area contributed by atoms with Gasteiger partial charge < -0.3 is 5.32 Å². The van der Waals surface area contributed by atoms with E-state index in [0.29, 0.717) is 22.0 Å². The van der Waals surface area contributed by atoms with Crippen molar-refractivity contribution >= 4 is 27.1 Å². The maximum atomic E-state index is 11.4. The molecular formula is C15H13ClN2O2S. The van der Waals surface area contributed by atoms with Gasteiger partial charge in [0.15, 0.2) is 9.84 Å². The molecule has 0 heterocycles. The standard InChI is InChI=1S/C15H13ClN2O2S/c1-21(19,20)13-5-2-11(3-6-13)10-18-15-7-4-12(9-17)8-14(15)16/h2-8,18H,10H2,1H3. The zero-order chi connectivity index (χ0) is 15.5. The summed E-state index contributed by atoms with van der Waals surface area (Å²) in [4.78, 5) is 0.294. The van der Waals surface area contributed by atoms with Gasteiger partial charge in [-0.25, -0.2) is 8.42 Å². The van der Waals surface area contributed by atoms with E-state index < -0.39 is 9.84 Å². The van der Waals surface area contributed by atoms with Gasteiger partial charge in [0.05, 0.1) is 27.2 Å². The molecule has 0 aliphatic carbocycles. The van der Waals surface area contributed by atoms with Crippen LogP contribution >= 0.6 is 11.6 Å². The first-order valence-electron chi connectivity index (χ1n) is 6.12. The largest absolute Gasteiger partial charge is 0.380 e. The first-order chi connectivity index (χ1) is 9.90. The number of benzene rings is 2. The third-order valence-electron chi connectivity index (χ3n) is 2.93. The summed E-state index contributed by atoms with van der Waals surface area (Å²) < 4.78 is 22.7. The van der Waals surface area contributed by atoms with Gasteiger partial charge in [0.2, 0.25) is 0 Å². The third kappa shape index (κ3) is 3.97. The topological polar surface area (TPSA) is 70.0 Å². The van der Waals surface area contributed by atoms with Gasteiger partial charge in [0.1, 0.15) is 0 Å². The second-order valence-corrected chi connectivity index (χ2v) is 7.00. The van der Waals surface area contributed by atoms with Crippen LogP contribution in [-0.2, 0) is 16.4 Å². The van der Waals surface area contributed by atoms with Crippen LogP contribution in [0.4, 0.5) is 5.69 Å². The van der Waals surface area contributed by atoms with Gasteiger partial charge in [-0.2, -0.15) is 5.26 Å². The monoisotopic (exact) mass is 320 g/mol. The number of nitrogens with zero attached hydrogens (tertiary/aromatic N) is 1. The zero-order valence-corrected chi connectivity index (χ0v) is 12.9. The molecule has 21 heavy (non-hydrogen) atoms. The molecule has 108 valence electrons. The van der Waals surface area contributed by atoms with Crippen LogP contribution in [0.15, 0.2) is 47.4 Å². The quantitative estimate of drug-likeness (QED) is 0.939. The highest BCUT2D eigenvalue weighted by molar-refractivity contribution is 7.90. The molecule has 0 radical (unpaired) electrons. The fraction of sp³-hybridized carbons (Fsp3) is 0.133. The van der Waals surface area contributed by atoms with Crippen LogP contribution in [0, 0.1) is 11.3 Å². The molecule has 0 spiro atoms. The Balaban J connectivity index is 2.09. The molecule has 0 amide bonds. The Morgan fingerprint density at radius 2 is 1.86 bits per heavy atom. The minimum atomic E-state index is -3.17. The fourth-order valence-electron chi connectivity index (χ4n) is 1.78. The Morgan fingerprint density at radius 1 is 1.19 bits per heavy atom. The molecule has 0 bridgehead atoms. The van der Waals surface area contributed by atoms with Gasteiger partial charge in [0, 0.05) is 12.8 Å². The van der Waals surface area contributed by atoms with Crippen molar-refractivity contribution in [3.05, 3.63) is 58.6 Å². The normalized spacial score (nSPS) is 10.9. The average Bonchev–Trinajstić information content (AvgIpc) is 2.45. The number of hydrogen-bond acceptors (Lipinski definition) is 4. The number of nitriles is 1. The molecule has 0 aliphatic rings. The van der Waals surface area contributed by atoms with Crippen LogP contribution in [-0.4, -0.2) is 14.7 Å². The molecule has 0 atom stereocenters. The highest BCUT2D eigenvalue weighted by Gasteiger charge is 2.06. The fourth-order valence-corrected chi connectivity index (χ4v) is 2.66. The van der Waals surface area contributed by atoms with E-state index in [1.54, 1.807) is 42.5 Å². The van der Waals surface area contributed by atoms with E-state index in [-0.39, 0.29) is 0 Å². The van der Waals surface area contributed by atoms with Crippen molar-refractivity contribution in [3.63, 3.8) is 0 Å². The van der Waals surface area contributed by atoms with Gasteiger partial charge in [-0.3, -0.25) is 0 Å². The van der Waals surface area contributed by atoms with E-state index in [1.165, 1.54) is 6.26 Å². The molecule has 0 saturated heterocycles. The van der Waals surface area contributed by atoms with Gasteiger partial charge in [-0.15, -0.1) is 0 Å². The Morgan fingerprint density at radius 3 is 2.38 bits per heavy atom. The van der Waals surface area contributed by atoms with E-state index >= 15 is 0 Å². The first kappa shape index (κ1) is 15.4. The van der Waals surface area contributed by atoms with Crippen LogP contribution in [0.1, 0.15) is 11.1 Å². The number of hydrogen-bond donors (Lipinski definition) is 1. The summed E-state index contributed by atoms with van der Waals surface area (Å²) in [5.74, 6) is 0. The predicted octanol–water partition coefficient (Wildman–Crippen LogP) is 3.23. The SMILES string of the molecule is CS(=O)(=O)c1ccc(CNc2ccc(C#N)cc2Cl)cc1. The molecule has 4 nitrogen and oxygen atoms in total. The highest BCUT2D eigenvalue weighted by atomic mass is 35.5. The van der Waals surface area contributed by atoms with Crippen LogP contribution in [0.5, 0.6) is 0 Å². The van der Waals surface area contributed by atoms with Crippen LogP contribution in [0.2, 0.25) is 5.02 Å². The van der Waals surface area contributed by atoms with E-state index in [4.69, 9.17) is 16.9 Å². The number of rotatable bonds is 4. The van der Waals surface area contributed by atoms with Gasteiger partial charge >= 0.3 is 0 Å². The lowest BCUT2D eigenvalue weighted by Gasteiger charge is -2.09. The lowest BCUT2D eigenvalue weighted by molar-refractivity contribution is 0.602. The van der Waals surface area contributed by atoms with Gasteiger partial charge in [0.25, 0.3) is 0 Å². The minimum absolute atomic E-state index is 0.294. The Labute approximate surface area is 128 Å². The van der Waals surface area contributed by atoms with Gasteiger partial charge in [-0.1, -0.05) is 23.7 Å². The molecule has 0 saturated carbocycles. The second-order valence-electron chi connectivity index (χ2n) is 4.58. The summed E-state index contributed by atoms with van der Waals surface area (Å²) in [5.41, 5.74) is 2.16. The summed E-state index contributed by atoms with van der Waals surface area (Å²) in [6.45, 7) is 0.510. The first-order valence-corrected chi connectivity index (χ1v) is 8.39. The summed E-state index contributed by atoms with van der Waals surface area (Å²) in [7, 11) is -3.17. The molecule has 2 rings (SSSR count). The predicted molar refractivity (Wildman–Crippen MR) is 83.0 cm³/mol. The second kappa shape index (κ2) is 6.17. The third-order valence-corrected chi connectivity index (χ3v) is 4.37. The lowest BCUT2D eigenvalue weighted by atomic mass is 10.2.